The van der Waals surface area contributed by atoms with E-state index in [0.717, 1.165) is 11.3 Å². The molecule has 2 aromatic heterocycles. The van der Waals surface area contributed by atoms with Gasteiger partial charge in [-0.3, -0.25) is 9.78 Å². The van der Waals surface area contributed by atoms with E-state index in [0.29, 0.717) is 17.7 Å². The number of carbonyl (C=O) groups excluding carboxylic acids is 1. The van der Waals surface area contributed by atoms with E-state index in [1.165, 1.54) is 11.8 Å². The molecule has 1 amide bonds. The molecule has 0 aliphatic carbocycles. The number of benzene rings is 1. The average molecular weight is 365 g/mol. The molecule has 0 saturated carbocycles. The molecule has 0 radical (unpaired) electrons. The van der Waals surface area contributed by atoms with Crippen molar-refractivity contribution >= 4 is 23.4 Å². The molecule has 0 saturated heterocycles. The van der Waals surface area contributed by atoms with Crippen molar-refractivity contribution < 1.29 is 9.21 Å². The van der Waals surface area contributed by atoms with Gasteiger partial charge >= 0.3 is 0 Å². The first-order chi connectivity index (χ1) is 12.8. The number of anilines is 1. The highest BCUT2D eigenvalue weighted by molar-refractivity contribution is 7.99. The van der Waals surface area contributed by atoms with Gasteiger partial charge in [-0.1, -0.05) is 30.0 Å². The Bertz CT molecular complexity index is 893. The molecule has 0 N–H and O–H groups in total. The van der Waals surface area contributed by atoms with E-state index in [4.69, 9.17) is 9.68 Å². The Morgan fingerprint density at radius 1 is 1.15 bits per heavy atom. The van der Waals surface area contributed by atoms with Gasteiger partial charge in [0.2, 0.25) is 11.8 Å². The van der Waals surface area contributed by atoms with Crippen LogP contribution in [0.25, 0.3) is 11.5 Å². The first kappa shape index (κ1) is 17.6. The van der Waals surface area contributed by atoms with Gasteiger partial charge in [-0.2, -0.15) is 5.26 Å². The normalized spacial score (nSPS) is 10.3. The molecule has 0 aliphatic heterocycles. The number of pyridine rings is 1. The van der Waals surface area contributed by atoms with Gasteiger partial charge in [-0.05, 0) is 24.3 Å². The molecule has 0 bridgehead atoms. The summed E-state index contributed by atoms with van der Waals surface area (Å²) in [5, 5.41) is 17.1. The van der Waals surface area contributed by atoms with Crippen LogP contribution in [0.5, 0.6) is 0 Å². The molecule has 8 heteroatoms. The van der Waals surface area contributed by atoms with Gasteiger partial charge in [0.05, 0.1) is 18.2 Å². The predicted molar refractivity (Wildman–Crippen MR) is 97.3 cm³/mol. The highest BCUT2D eigenvalue weighted by atomic mass is 32.2. The number of carbonyl (C=O) groups is 1. The first-order valence-electron chi connectivity index (χ1n) is 7.87. The van der Waals surface area contributed by atoms with E-state index >= 15 is 0 Å². The van der Waals surface area contributed by atoms with Crippen LogP contribution < -0.4 is 4.90 Å². The largest absolute Gasteiger partial charge is 0.411 e. The van der Waals surface area contributed by atoms with Crippen molar-refractivity contribution in [1.82, 2.24) is 15.2 Å². The van der Waals surface area contributed by atoms with E-state index < -0.39 is 0 Å². The quantitative estimate of drug-likeness (QED) is 0.593. The maximum Gasteiger partial charge on any atom is 0.277 e. The number of para-hydroxylation sites is 1. The van der Waals surface area contributed by atoms with Crippen LogP contribution in [-0.2, 0) is 4.79 Å². The number of rotatable bonds is 7. The summed E-state index contributed by atoms with van der Waals surface area (Å²) in [6, 6.07) is 14.9. The minimum Gasteiger partial charge on any atom is -0.411 e. The molecule has 3 aromatic rings. The summed E-state index contributed by atoms with van der Waals surface area (Å²) in [5.74, 6) is 0.394. The fraction of sp³-hybridized carbons (Fsp3) is 0.167. The van der Waals surface area contributed by atoms with Crippen molar-refractivity contribution in [3.05, 3.63) is 54.9 Å². The van der Waals surface area contributed by atoms with E-state index in [9.17, 15) is 4.79 Å². The minimum absolute atomic E-state index is 0.125. The SMILES string of the molecule is N#CCCN(C(=O)CSc1nnc(-c2ccncc2)o1)c1ccccc1. The van der Waals surface area contributed by atoms with Crippen molar-refractivity contribution in [2.75, 3.05) is 17.2 Å². The smallest absolute Gasteiger partial charge is 0.277 e. The Hall–Kier alpha value is -3.18. The average Bonchev–Trinajstić information content (AvgIpc) is 3.17. The summed E-state index contributed by atoms with van der Waals surface area (Å²) in [5.41, 5.74) is 1.53. The number of nitrogens with zero attached hydrogens (tertiary/aromatic N) is 5. The van der Waals surface area contributed by atoms with Crippen LogP contribution in [0.1, 0.15) is 6.42 Å². The zero-order valence-corrected chi connectivity index (χ0v) is 14.6. The van der Waals surface area contributed by atoms with Gasteiger partial charge in [0, 0.05) is 30.2 Å². The van der Waals surface area contributed by atoms with Crippen molar-refractivity contribution in [1.29, 1.82) is 5.26 Å². The van der Waals surface area contributed by atoms with Gasteiger partial charge < -0.3 is 9.32 Å². The summed E-state index contributed by atoms with van der Waals surface area (Å²) in [7, 11) is 0. The highest BCUT2D eigenvalue weighted by Crippen LogP contribution is 2.23. The lowest BCUT2D eigenvalue weighted by Crippen LogP contribution is -2.33. The molecule has 0 unspecified atom stereocenters. The Balaban J connectivity index is 1.65. The standard InChI is InChI=1S/C18H15N5O2S/c19-9-4-12-23(15-5-2-1-3-6-15)16(24)13-26-18-22-21-17(25-18)14-7-10-20-11-8-14/h1-3,5-8,10-11H,4,12-13H2. The second kappa shape index (κ2) is 8.78. The topological polar surface area (TPSA) is 95.9 Å². The minimum atomic E-state index is -0.125. The van der Waals surface area contributed by atoms with E-state index in [1.54, 1.807) is 29.4 Å². The lowest BCUT2D eigenvalue weighted by Gasteiger charge is -2.21. The zero-order valence-electron chi connectivity index (χ0n) is 13.8. The molecule has 2 heterocycles. The summed E-state index contributed by atoms with van der Waals surface area (Å²) >= 11 is 1.17. The molecule has 0 spiro atoms. The number of hydrogen-bond donors (Lipinski definition) is 0. The molecule has 3 rings (SSSR count). The van der Waals surface area contributed by atoms with Crippen LogP contribution in [0.3, 0.4) is 0 Å². The molecule has 7 nitrogen and oxygen atoms in total. The summed E-state index contributed by atoms with van der Waals surface area (Å²) in [6.07, 6.45) is 3.55. The molecule has 26 heavy (non-hydrogen) atoms. The Morgan fingerprint density at radius 3 is 2.65 bits per heavy atom. The van der Waals surface area contributed by atoms with Crippen molar-refractivity contribution in [2.45, 2.75) is 11.6 Å². The van der Waals surface area contributed by atoms with Gasteiger partial charge in [0.15, 0.2) is 0 Å². The molecule has 1 aromatic carbocycles. The Labute approximate surface area is 154 Å². The van der Waals surface area contributed by atoms with E-state index in [-0.39, 0.29) is 18.1 Å². The number of amides is 1. The second-order valence-corrected chi connectivity index (χ2v) is 6.11. The lowest BCUT2D eigenvalue weighted by molar-refractivity contribution is -0.116. The molecule has 0 aliphatic rings. The van der Waals surface area contributed by atoms with E-state index in [2.05, 4.69) is 21.3 Å². The third kappa shape index (κ3) is 4.46. The molecular formula is C18H15N5O2S. The van der Waals surface area contributed by atoms with Crippen molar-refractivity contribution in [3.8, 4) is 17.5 Å². The number of hydrogen-bond acceptors (Lipinski definition) is 7. The van der Waals surface area contributed by atoms with Gasteiger partial charge in [0.1, 0.15) is 0 Å². The third-order valence-electron chi connectivity index (χ3n) is 3.47. The summed E-state index contributed by atoms with van der Waals surface area (Å²) in [6.45, 7) is 0.339. The van der Waals surface area contributed by atoms with Gasteiger partial charge in [0.25, 0.3) is 5.22 Å². The molecule has 0 fully saturated rings. The first-order valence-corrected chi connectivity index (χ1v) is 8.85. The van der Waals surface area contributed by atoms with Crippen LogP contribution in [0.2, 0.25) is 0 Å². The fourth-order valence-corrected chi connectivity index (χ4v) is 2.89. The van der Waals surface area contributed by atoms with Crippen molar-refractivity contribution in [2.24, 2.45) is 0 Å². The molecule has 130 valence electrons. The van der Waals surface area contributed by atoms with Crippen LogP contribution in [-0.4, -0.2) is 33.4 Å². The fourth-order valence-electron chi connectivity index (χ4n) is 2.25. The van der Waals surface area contributed by atoms with Crippen LogP contribution in [0.4, 0.5) is 5.69 Å². The molecular weight excluding hydrogens is 350 g/mol. The maximum absolute atomic E-state index is 12.6. The second-order valence-electron chi connectivity index (χ2n) is 5.19. The van der Waals surface area contributed by atoms with Gasteiger partial charge in [-0.15, -0.1) is 10.2 Å². The molecule has 0 atom stereocenters. The predicted octanol–water partition coefficient (Wildman–Crippen LogP) is 3.17. The maximum atomic E-state index is 12.6. The number of nitriles is 1. The van der Waals surface area contributed by atoms with Crippen LogP contribution in [0, 0.1) is 11.3 Å². The van der Waals surface area contributed by atoms with Crippen LogP contribution in [0.15, 0.2) is 64.5 Å². The Kier molecular flexibility index (Phi) is 5.96. The van der Waals surface area contributed by atoms with E-state index in [1.807, 2.05) is 30.3 Å². The highest BCUT2D eigenvalue weighted by Gasteiger charge is 2.17. The Morgan fingerprint density at radius 2 is 1.92 bits per heavy atom. The van der Waals surface area contributed by atoms with Crippen molar-refractivity contribution in [3.63, 3.8) is 0 Å². The third-order valence-corrected chi connectivity index (χ3v) is 4.27. The number of thioether (sulfide) groups is 1. The van der Waals surface area contributed by atoms with Gasteiger partial charge in [-0.25, -0.2) is 0 Å². The summed E-state index contributed by atoms with van der Waals surface area (Å²) < 4.78 is 5.58. The lowest BCUT2D eigenvalue weighted by atomic mass is 10.2. The summed E-state index contributed by atoms with van der Waals surface area (Å²) in [4.78, 5) is 18.1. The monoisotopic (exact) mass is 365 g/mol. The van der Waals surface area contributed by atoms with Crippen LogP contribution >= 0.6 is 11.8 Å². The zero-order chi connectivity index (χ0) is 18.2. The number of aromatic nitrogens is 3.